The molecule has 22 heavy (non-hydrogen) atoms. The zero-order valence-electron chi connectivity index (χ0n) is 13.6. The van der Waals surface area contributed by atoms with E-state index in [-0.39, 0.29) is 11.3 Å². The molecule has 4 heteroatoms. The second-order valence-corrected chi connectivity index (χ2v) is 6.42. The topological polar surface area (TPSA) is 55.6 Å². The highest BCUT2D eigenvalue weighted by atomic mass is 16.5. The highest BCUT2D eigenvalue weighted by Gasteiger charge is 2.33. The minimum Gasteiger partial charge on any atom is -0.492 e. The van der Waals surface area contributed by atoms with Gasteiger partial charge in [0.15, 0.2) is 0 Å². The van der Waals surface area contributed by atoms with Gasteiger partial charge in [-0.2, -0.15) is 0 Å². The van der Waals surface area contributed by atoms with Crippen molar-refractivity contribution in [1.82, 2.24) is 4.90 Å². The monoisotopic (exact) mass is 304 g/mol. The molecule has 0 spiro atoms. The van der Waals surface area contributed by atoms with Gasteiger partial charge in [0, 0.05) is 13.5 Å². The van der Waals surface area contributed by atoms with E-state index in [1.165, 1.54) is 19.3 Å². The Morgan fingerprint density at radius 3 is 2.55 bits per heavy atom. The van der Waals surface area contributed by atoms with Crippen molar-refractivity contribution < 1.29 is 9.53 Å². The fraction of sp³-hybridized carbons (Fsp3) is 0.611. The van der Waals surface area contributed by atoms with E-state index >= 15 is 0 Å². The maximum Gasteiger partial charge on any atom is 0.223 e. The van der Waals surface area contributed by atoms with Crippen molar-refractivity contribution in [2.24, 2.45) is 11.1 Å². The first-order valence-corrected chi connectivity index (χ1v) is 8.27. The first-order valence-electron chi connectivity index (χ1n) is 8.27. The molecule has 0 aromatic heterocycles. The summed E-state index contributed by atoms with van der Waals surface area (Å²) < 4.78 is 5.65. The van der Waals surface area contributed by atoms with Gasteiger partial charge in [-0.1, -0.05) is 37.5 Å². The van der Waals surface area contributed by atoms with Crippen LogP contribution in [-0.2, 0) is 4.79 Å². The average molecular weight is 304 g/mol. The lowest BCUT2D eigenvalue weighted by atomic mass is 9.71. The summed E-state index contributed by atoms with van der Waals surface area (Å²) >= 11 is 0. The molecule has 0 atom stereocenters. The fourth-order valence-electron chi connectivity index (χ4n) is 3.15. The number of rotatable bonds is 7. The SMILES string of the molecule is CN(CCOc1ccccc1)C(=O)CC1(CN)CCCCC1. The third kappa shape index (κ3) is 4.73. The molecule has 0 heterocycles. The summed E-state index contributed by atoms with van der Waals surface area (Å²) in [5, 5.41) is 0. The molecule has 1 aliphatic carbocycles. The third-order valence-corrected chi connectivity index (χ3v) is 4.74. The summed E-state index contributed by atoms with van der Waals surface area (Å²) in [6.07, 6.45) is 6.42. The Kier molecular flexibility index (Phi) is 6.25. The highest BCUT2D eigenvalue weighted by molar-refractivity contribution is 5.76. The summed E-state index contributed by atoms with van der Waals surface area (Å²) in [4.78, 5) is 14.2. The number of hydrogen-bond acceptors (Lipinski definition) is 3. The zero-order chi connectivity index (χ0) is 15.8. The lowest BCUT2D eigenvalue weighted by molar-refractivity contribution is -0.133. The van der Waals surface area contributed by atoms with Crippen LogP contribution in [0, 0.1) is 5.41 Å². The van der Waals surface area contributed by atoms with E-state index in [4.69, 9.17) is 10.5 Å². The van der Waals surface area contributed by atoms with Crippen molar-refractivity contribution in [2.75, 3.05) is 26.7 Å². The molecule has 0 unspecified atom stereocenters. The first kappa shape index (κ1) is 16.8. The van der Waals surface area contributed by atoms with Crippen molar-refractivity contribution in [1.29, 1.82) is 0 Å². The van der Waals surface area contributed by atoms with Crippen LogP contribution in [0.1, 0.15) is 38.5 Å². The van der Waals surface area contributed by atoms with Crippen LogP contribution in [0.2, 0.25) is 0 Å². The number of likely N-dealkylation sites (N-methyl/N-ethyl adjacent to an activating group) is 1. The summed E-state index contributed by atoms with van der Waals surface area (Å²) in [7, 11) is 1.85. The van der Waals surface area contributed by atoms with Crippen molar-refractivity contribution >= 4 is 5.91 Å². The molecule has 122 valence electrons. The van der Waals surface area contributed by atoms with Crippen molar-refractivity contribution in [3.05, 3.63) is 30.3 Å². The van der Waals surface area contributed by atoms with Gasteiger partial charge in [-0.05, 0) is 36.9 Å². The summed E-state index contributed by atoms with van der Waals surface area (Å²) in [6, 6.07) is 9.69. The Bertz CT molecular complexity index is 455. The molecule has 2 N–H and O–H groups in total. The molecule has 1 aromatic rings. The minimum atomic E-state index is 0.0316. The largest absolute Gasteiger partial charge is 0.492 e. The van der Waals surface area contributed by atoms with Crippen LogP contribution in [0.4, 0.5) is 0 Å². The van der Waals surface area contributed by atoms with E-state index in [1.54, 1.807) is 4.90 Å². The first-order chi connectivity index (χ1) is 10.7. The lowest BCUT2D eigenvalue weighted by Gasteiger charge is -2.36. The molecule has 1 amide bonds. The smallest absolute Gasteiger partial charge is 0.223 e. The number of carbonyl (C=O) groups is 1. The van der Waals surface area contributed by atoms with E-state index in [0.717, 1.165) is 18.6 Å². The van der Waals surface area contributed by atoms with Gasteiger partial charge in [0.05, 0.1) is 6.54 Å². The summed E-state index contributed by atoms with van der Waals surface area (Å²) in [5.74, 6) is 1.03. The van der Waals surface area contributed by atoms with E-state index in [1.807, 2.05) is 37.4 Å². The molecule has 4 nitrogen and oxygen atoms in total. The Balaban J connectivity index is 1.76. The summed E-state index contributed by atoms with van der Waals surface area (Å²) in [6.45, 7) is 1.74. The third-order valence-electron chi connectivity index (χ3n) is 4.74. The van der Waals surface area contributed by atoms with E-state index in [9.17, 15) is 4.79 Å². The van der Waals surface area contributed by atoms with Gasteiger partial charge >= 0.3 is 0 Å². The molecule has 1 aliphatic rings. The van der Waals surface area contributed by atoms with Gasteiger partial charge in [-0.3, -0.25) is 4.79 Å². The molecule has 1 aromatic carbocycles. The predicted molar refractivity (Wildman–Crippen MR) is 88.8 cm³/mol. The van der Waals surface area contributed by atoms with Crippen LogP contribution < -0.4 is 10.5 Å². The van der Waals surface area contributed by atoms with Crippen LogP contribution in [0.25, 0.3) is 0 Å². The van der Waals surface area contributed by atoms with Gasteiger partial charge in [0.1, 0.15) is 12.4 Å². The van der Waals surface area contributed by atoms with Crippen LogP contribution in [0.5, 0.6) is 5.75 Å². The highest BCUT2D eigenvalue weighted by Crippen LogP contribution is 2.38. The van der Waals surface area contributed by atoms with Crippen molar-refractivity contribution in [3.8, 4) is 5.75 Å². The lowest BCUT2D eigenvalue weighted by Crippen LogP contribution is -2.40. The van der Waals surface area contributed by atoms with Crippen molar-refractivity contribution in [2.45, 2.75) is 38.5 Å². The average Bonchev–Trinajstić information content (AvgIpc) is 2.56. The minimum absolute atomic E-state index is 0.0316. The molecular weight excluding hydrogens is 276 g/mol. The molecule has 0 bridgehead atoms. The Morgan fingerprint density at radius 1 is 1.23 bits per heavy atom. The zero-order valence-corrected chi connectivity index (χ0v) is 13.6. The van der Waals surface area contributed by atoms with Gasteiger partial charge < -0.3 is 15.4 Å². The Hall–Kier alpha value is -1.55. The molecular formula is C18H28N2O2. The fourth-order valence-corrected chi connectivity index (χ4v) is 3.15. The second kappa shape index (κ2) is 8.18. The standard InChI is InChI=1S/C18H28N2O2/c1-20(12-13-22-16-8-4-2-5-9-16)17(21)14-18(15-19)10-6-3-7-11-18/h2,4-5,8-9H,3,6-7,10-15,19H2,1H3. The molecule has 1 fully saturated rings. The Labute approximate surface area is 133 Å². The molecule has 0 aliphatic heterocycles. The number of carbonyl (C=O) groups excluding carboxylic acids is 1. The predicted octanol–water partition coefficient (Wildman–Crippen LogP) is 2.82. The van der Waals surface area contributed by atoms with Gasteiger partial charge in [0.25, 0.3) is 0 Å². The molecule has 0 radical (unpaired) electrons. The number of para-hydroxylation sites is 1. The van der Waals surface area contributed by atoms with Crippen molar-refractivity contribution in [3.63, 3.8) is 0 Å². The van der Waals surface area contributed by atoms with E-state index < -0.39 is 0 Å². The second-order valence-electron chi connectivity index (χ2n) is 6.42. The molecule has 0 saturated heterocycles. The number of hydrogen-bond donors (Lipinski definition) is 1. The number of amides is 1. The van der Waals surface area contributed by atoms with Gasteiger partial charge in [-0.25, -0.2) is 0 Å². The summed E-state index contributed by atoms with van der Waals surface area (Å²) in [5.41, 5.74) is 6.00. The van der Waals surface area contributed by atoms with E-state index in [0.29, 0.717) is 26.1 Å². The Morgan fingerprint density at radius 2 is 1.91 bits per heavy atom. The molecule has 2 rings (SSSR count). The van der Waals surface area contributed by atoms with Gasteiger partial charge in [0.2, 0.25) is 5.91 Å². The number of nitrogens with two attached hydrogens (primary N) is 1. The normalized spacial score (nSPS) is 17.0. The molecule has 1 saturated carbocycles. The van der Waals surface area contributed by atoms with Crippen LogP contribution in [0.3, 0.4) is 0 Å². The maximum atomic E-state index is 12.4. The van der Waals surface area contributed by atoms with Gasteiger partial charge in [-0.15, -0.1) is 0 Å². The van der Waals surface area contributed by atoms with Crippen LogP contribution in [0.15, 0.2) is 30.3 Å². The van der Waals surface area contributed by atoms with Crippen LogP contribution >= 0.6 is 0 Å². The van der Waals surface area contributed by atoms with E-state index in [2.05, 4.69) is 0 Å². The maximum absolute atomic E-state index is 12.4. The quantitative estimate of drug-likeness (QED) is 0.842. The number of nitrogens with zero attached hydrogens (tertiary/aromatic N) is 1. The number of ether oxygens (including phenoxy) is 1. The van der Waals surface area contributed by atoms with Crippen LogP contribution in [-0.4, -0.2) is 37.6 Å². The number of benzene rings is 1.